The van der Waals surface area contributed by atoms with Crippen LogP contribution in [-0.2, 0) is 20.9 Å². The van der Waals surface area contributed by atoms with Crippen LogP contribution in [0.2, 0.25) is 0 Å². The maximum absolute atomic E-state index is 12.2. The summed E-state index contributed by atoms with van der Waals surface area (Å²) in [5.74, 6) is -0.440. The highest BCUT2D eigenvalue weighted by molar-refractivity contribution is 5.98. The van der Waals surface area contributed by atoms with Gasteiger partial charge in [0.25, 0.3) is 0 Å². The number of anilines is 1. The normalized spacial score (nSPS) is 17.8. The number of likely N-dealkylation sites (tertiary alicyclic amines) is 2. The maximum Gasteiger partial charge on any atom is 0.337 e. The number of carbonyl (C=O) groups excluding carboxylic acids is 2. The van der Waals surface area contributed by atoms with E-state index in [-0.39, 0.29) is 11.9 Å². The number of nitrogens with zero attached hydrogens (tertiary/aromatic N) is 5. The Labute approximate surface area is 227 Å². The molecule has 1 amide bonds. The number of amides is 1. The van der Waals surface area contributed by atoms with Crippen molar-refractivity contribution in [3.63, 3.8) is 0 Å². The minimum absolute atomic E-state index is 0.0372. The molecule has 0 bridgehead atoms. The Morgan fingerprint density at radius 2 is 1.92 bits per heavy atom. The number of esters is 1. The molecule has 3 N–H and O–H groups in total. The molecule has 4 heterocycles. The molecule has 2 aromatic heterocycles. The Hall–Kier alpha value is -3.86. The fraction of sp³-hybridized carbons (Fsp3) is 0.464. The molecule has 2 aliphatic rings. The number of piperidine rings is 2. The lowest BCUT2D eigenvalue weighted by Crippen LogP contribution is -3.11. The van der Waals surface area contributed by atoms with Gasteiger partial charge in [-0.2, -0.15) is 5.10 Å². The van der Waals surface area contributed by atoms with E-state index in [1.54, 1.807) is 4.90 Å². The van der Waals surface area contributed by atoms with Crippen LogP contribution in [0.15, 0.2) is 43.2 Å². The number of carbonyl (C=O) groups is 2. The first-order valence-corrected chi connectivity index (χ1v) is 13.4. The van der Waals surface area contributed by atoms with Crippen LogP contribution in [0.1, 0.15) is 43.7 Å². The van der Waals surface area contributed by atoms with E-state index in [1.807, 2.05) is 9.58 Å². The van der Waals surface area contributed by atoms with E-state index in [9.17, 15) is 14.0 Å². The topological polar surface area (TPSA) is 121 Å². The summed E-state index contributed by atoms with van der Waals surface area (Å²) < 4.78 is 16.7. The smallest absolute Gasteiger partial charge is 0.337 e. The summed E-state index contributed by atoms with van der Waals surface area (Å²) in [5.41, 5.74) is 10.2. The third-order valence-corrected chi connectivity index (χ3v) is 7.33. The van der Waals surface area contributed by atoms with E-state index in [0.29, 0.717) is 12.4 Å². The summed E-state index contributed by atoms with van der Waals surface area (Å²) >= 11 is 0. The lowest BCUT2D eigenvalue weighted by Gasteiger charge is -2.32. The molecule has 2 fully saturated rings. The van der Waals surface area contributed by atoms with Crippen LogP contribution in [0.25, 0.3) is 22.3 Å². The molecule has 1 aromatic carbocycles. The zero-order chi connectivity index (χ0) is 27.8. The number of halogens is 1. The molecule has 11 heteroatoms. The number of benzene rings is 1. The predicted octanol–water partition coefficient (Wildman–Crippen LogP) is 2.12. The van der Waals surface area contributed by atoms with E-state index >= 15 is 0 Å². The molecule has 3 aromatic rings. The van der Waals surface area contributed by atoms with Crippen LogP contribution >= 0.6 is 0 Å². The minimum atomic E-state index is -1.03. The van der Waals surface area contributed by atoms with Crippen LogP contribution in [0.4, 0.5) is 10.2 Å². The monoisotopic (exact) mass is 538 g/mol. The van der Waals surface area contributed by atoms with Crippen LogP contribution in [0.5, 0.6) is 0 Å². The molecule has 39 heavy (non-hydrogen) atoms. The maximum atomic E-state index is 12.2. The van der Waals surface area contributed by atoms with Gasteiger partial charge in [-0.25, -0.2) is 23.8 Å². The number of nitrogens with two attached hydrogens (primary N) is 1. The highest BCUT2D eigenvalue weighted by Crippen LogP contribution is 2.33. The van der Waals surface area contributed by atoms with Crippen molar-refractivity contribution in [1.29, 1.82) is 0 Å². The average Bonchev–Trinajstić information content (AvgIpc) is 3.38. The van der Waals surface area contributed by atoms with E-state index in [4.69, 9.17) is 10.8 Å². The third kappa shape index (κ3) is 6.78. The van der Waals surface area contributed by atoms with Crippen molar-refractivity contribution in [2.45, 2.75) is 44.7 Å². The molecule has 10 nitrogen and oxygen atoms in total. The van der Waals surface area contributed by atoms with Gasteiger partial charge >= 0.3 is 5.97 Å². The lowest BCUT2D eigenvalue weighted by atomic mass is 10.1. The molecule has 208 valence electrons. The van der Waals surface area contributed by atoms with Crippen molar-refractivity contribution in [3.8, 4) is 11.3 Å². The number of ether oxygens (including phenoxy) is 1. The number of quaternary nitrogens is 1. The zero-order valence-corrected chi connectivity index (χ0v) is 22.4. The molecule has 1 atom stereocenters. The van der Waals surface area contributed by atoms with E-state index in [2.05, 4.69) is 45.5 Å². The van der Waals surface area contributed by atoms with Crippen molar-refractivity contribution >= 4 is 28.7 Å². The summed E-state index contributed by atoms with van der Waals surface area (Å²) in [6, 6.07) is 8.70. The first-order chi connectivity index (χ1) is 18.9. The van der Waals surface area contributed by atoms with Gasteiger partial charge in [-0.1, -0.05) is 30.8 Å². The number of aromatic nitrogens is 4. The SMILES string of the molecule is C=CC(=O)N1CCCC(n2nc(-c3ccc(C[NH+]4CCCCC4)cc3)c3c(N)ncnc32)C1.COC(=O)CF. The standard InChI is InChI=1S/C25H31N7O.C3H5FO2/c1-2-21(33)31-14-6-7-20(16-31)32-25-22(24(26)27-17-28-25)23(29-32)19-10-8-18(9-11-19)15-30-12-4-3-5-13-30;1-6-3(5)2-4/h2,8-11,17,20H,1,3-7,12-16H2,(H2,26,27,28);2H2,1H3/p+1. The summed E-state index contributed by atoms with van der Waals surface area (Å²) in [4.78, 5) is 34.0. The highest BCUT2D eigenvalue weighted by Gasteiger charge is 2.28. The van der Waals surface area contributed by atoms with Gasteiger partial charge in [-0.15, -0.1) is 0 Å². The van der Waals surface area contributed by atoms with Gasteiger partial charge in [0, 0.05) is 24.2 Å². The van der Waals surface area contributed by atoms with E-state index < -0.39 is 12.6 Å². The van der Waals surface area contributed by atoms with Gasteiger partial charge in [0.1, 0.15) is 24.4 Å². The fourth-order valence-electron chi connectivity index (χ4n) is 5.29. The minimum Gasteiger partial charge on any atom is -0.467 e. The fourth-order valence-corrected chi connectivity index (χ4v) is 5.29. The van der Waals surface area contributed by atoms with Crippen molar-refractivity contribution in [2.75, 3.05) is 45.7 Å². The summed E-state index contributed by atoms with van der Waals surface area (Å²) in [5, 5.41) is 5.75. The molecular formula is C28H37FN7O3+. The Bertz CT molecular complexity index is 1280. The largest absolute Gasteiger partial charge is 0.467 e. The Morgan fingerprint density at radius 3 is 2.56 bits per heavy atom. The second-order valence-electron chi connectivity index (χ2n) is 9.93. The predicted molar refractivity (Wildman–Crippen MR) is 146 cm³/mol. The summed E-state index contributed by atoms with van der Waals surface area (Å²) in [6.07, 6.45) is 8.72. The van der Waals surface area contributed by atoms with Crippen LogP contribution in [-0.4, -0.2) is 76.5 Å². The van der Waals surface area contributed by atoms with Gasteiger partial charge in [0.2, 0.25) is 5.91 Å². The van der Waals surface area contributed by atoms with Gasteiger partial charge in [-0.05, 0) is 38.2 Å². The molecule has 0 aliphatic carbocycles. The first-order valence-electron chi connectivity index (χ1n) is 13.4. The number of methoxy groups -OCH3 is 1. The van der Waals surface area contributed by atoms with Crippen molar-refractivity contribution in [2.24, 2.45) is 0 Å². The third-order valence-electron chi connectivity index (χ3n) is 7.33. The molecule has 0 radical (unpaired) electrons. The quantitative estimate of drug-likeness (QED) is 0.364. The van der Waals surface area contributed by atoms with Crippen LogP contribution in [0, 0.1) is 0 Å². The molecule has 0 saturated carbocycles. The number of nitrogens with one attached hydrogen (secondary N) is 1. The van der Waals surface area contributed by atoms with Gasteiger partial charge < -0.3 is 20.3 Å². The average molecular weight is 539 g/mol. The molecule has 1 unspecified atom stereocenters. The van der Waals surface area contributed by atoms with Crippen LogP contribution < -0.4 is 10.6 Å². The van der Waals surface area contributed by atoms with Crippen molar-refractivity contribution < 1.29 is 23.6 Å². The highest BCUT2D eigenvalue weighted by atomic mass is 19.1. The van der Waals surface area contributed by atoms with E-state index in [0.717, 1.165) is 55.3 Å². The van der Waals surface area contributed by atoms with Gasteiger partial charge in [-0.3, -0.25) is 4.79 Å². The second kappa shape index (κ2) is 13.3. The lowest BCUT2D eigenvalue weighted by molar-refractivity contribution is -0.918. The van der Waals surface area contributed by atoms with E-state index in [1.165, 1.54) is 50.3 Å². The number of hydrogen-bond acceptors (Lipinski definition) is 7. The Kier molecular flexibility index (Phi) is 9.59. The van der Waals surface area contributed by atoms with Crippen molar-refractivity contribution in [3.05, 3.63) is 48.8 Å². The number of fused-ring (bicyclic) bond motifs is 1. The molecule has 2 aliphatic heterocycles. The number of alkyl halides is 1. The summed E-state index contributed by atoms with van der Waals surface area (Å²) in [6.45, 7) is 7.51. The van der Waals surface area contributed by atoms with Gasteiger partial charge in [0.15, 0.2) is 12.3 Å². The zero-order valence-electron chi connectivity index (χ0n) is 22.4. The molecule has 5 rings (SSSR count). The molecule has 2 saturated heterocycles. The Balaban J connectivity index is 0.000000531. The van der Waals surface area contributed by atoms with Crippen molar-refractivity contribution in [1.82, 2.24) is 24.6 Å². The Morgan fingerprint density at radius 1 is 1.18 bits per heavy atom. The number of hydrogen-bond donors (Lipinski definition) is 2. The second-order valence-corrected chi connectivity index (χ2v) is 9.93. The molecule has 0 spiro atoms. The first kappa shape index (κ1) is 28.2. The van der Waals surface area contributed by atoms with Crippen LogP contribution in [0.3, 0.4) is 0 Å². The number of rotatable bonds is 6. The number of nitrogen functional groups attached to an aromatic ring is 1. The molecular weight excluding hydrogens is 501 g/mol. The van der Waals surface area contributed by atoms with Gasteiger partial charge in [0.05, 0.1) is 31.6 Å². The summed E-state index contributed by atoms with van der Waals surface area (Å²) in [7, 11) is 1.14.